The van der Waals surface area contributed by atoms with E-state index in [4.69, 9.17) is 10.00 Å². The van der Waals surface area contributed by atoms with Gasteiger partial charge >= 0.3 is 0 Å². The van der Waals surface area contributed by atoms with E-state index in [9.17, 15) is 0 Å². The Morgan fingerprint density at radius 3 is 2.47 bits per heavy atom. The van der Waals surface area contributed by atoms with Crippen molar-refractivity contribution in [3.05, 3.63) is 54.1 Å². The molecule has 0 atom stereocenters. The molecule has 17 heavy (non-hydrogen) atoms. The second-order valence-electron chi connectivity index (χ2n) is 3.77. The molecule has 0 unspecified atom stereocenters. The van der Waals surface area contributed by atoms with Crippen LogP contribution in [0.5, 0.6) is 5.75 Å². The van der Waals surface area contributed by atoms with Gasteiger partial charge in [-0.25, -0.2) is 0 Å². The molecular formula is C15H13NO. The first-order valence-electron chi connectivity index (χ1n) is 5.44. The average molecular weight is 223 g/mol. The van der Waals surface area contributed by atoms with Crippen LogP contribution in [0.15, 0.2) is 48.5 Å². The zero-order valence-electron chi connectivity index (χ0n) is 9.68. The van der Waals surface area contributed by atoms with Gasteiger partial charge in [-0.05, 0) is 28.8 Å². The third-order valence-corrected chi connectivity index (χ3v) is 2.61. The highest BCUT2D eigenvalue weighted by atomic mass is 16.5. The van der Waals surface area contributed by atoms with Crippen molar-refractivity contribution in [2.75, 3.05) is 7.11 Å². The van der Waals surface area contributed by atoms with Gasteiger partial charge in [0.15, 0.2) is 0 Å². The summed E-state index contributed by atoms with van der Waals surface area (Å²) in [5, 5.41) is 8.69. The lowest BCUT2D eigenvalue weighted by Gasteiger charge is -2.05. The second-order valence-corrected chi connectivity index (χ2v) is 3.77. The van der Waals surface area contributed by atoms with Crippen molar-refractivity contribution in [1.29, 1.82) is 5.26 Å². The number of nitriles is 1. The predicted molar refractivity (Wildman–Crippen MR) is 67.7 cm³/mol. The van der Waals surface area contributed by atoms with Gasteiger partial charge in [0.05, 0.1) is 19.6 Å². The number of hydrogen-bond acceptors (Lipinski definition) is 2. The fourth-order valence-electron chi connectivity index (χ4n) is 1.75. The topological polar surface area (TPSA) is 33.0 Å². The van der Waals surface area contributed by atoms with Crippen LogP contribution in [0, 0.1) is 11.3 Å². The molecule has 0 bridgehead atoms. The lowest BCUT2D eigenvalue weighted by atomic mass is 10.0. The summed E-state index contributed by atoms with van der Waals surface area (Å²) in [5.74, 6) is 0.841. The van der Waals surface area contributed by atoms with E-state index in [1.807, 2.05) is 48.5 Å². The lowest BCUT2D eigenvalue weighted by Crippen LogP contribution is -1.86. The highest BCUT2D eigenvalue weighted by molar-refractivity contribution is 5.65. The van der Waals surface area contributed by atoms with Gasteiger partial charge in [0.25, 0.3) is 0 Å². The van der Waals surface area contributed by atoms with Gasteiger partial charge in [0, 0.05) is 0 Å². The van der Waals surface area contributed by atoms with E-state index in [1.165, 1.54) is 0 Å². The Labute approximate surface area is 101 Å². The van der Waals surface area contributed by atoms with E-state index in [0.717, 1.165) is 22.4 Å². The Kier molecular flexibility index (Phi) is 3.42. The van der Waals surface area contributed by atoms with Crippen LogP contribution in [-0.4, -0.2) is 7.11 Å². The zero-order chi connectivity index (χ0) is 12.1. The standard InChI is InChI=1S/C15H13NO/c1-17-15-7-3-6-14(11-15)13-5-2-4-12(10-13)8-9-16/h2-7,10-11H,8H2,1H3. The molecule has 0 saturated carbocycles. The zero-order valence-corrected chi connectivity index (χ0v) is 9.68. The maximum atomic E-state index is 8.69. The summed E-state index contributed by atoms with van der Waals surface area (Å²) >= 11 is 0. The van der Waals surface area contributed by atoms with Crippen LogP contribution >= 0.6 is 0 Å². The van der Waals surface area contributed by atoms with Crippen molar-refractivity contribution >= 4 is 0 Å². The molecule has 0 spiro atoms. The Bertz CT molecular complexity index is 555. The quantitative estimate of drug-likeness (QED) is 0.798. The van der Waals surface area contributed by atoms with Gasteiger partial charge in [0.1, 0.15) is 5.75 Å². The number of rotatable bonds is 3. The summed E-state index contributed by atoms with van der Waals surface area (Å²) in [6, 6.07) is 18.1. The van der Waals surface area contributed by atoms with Crippen LogP contribution in [0.2, 0.25) is 0 Å². The van der Waals surface area contributed by atoms with Crippen molar-refractivity contribution in [2.45, 2.75) is 6.42 Å². The van der Waals surface area contributed by atoms with Crippen LogP contribution in [0.4, 0.5) is 0 Å². The molecule has 0 heterocycles. The van der Waals surface area contributed by atoms with Gasteiger partial charge in [0.2, 0.25) is 0 Å². The number of methoxy groups -OCH3 is 1. The van der Waals surface area contributed by atoms with Crippen LogP contribution in [0.1, 0.15) is 5.56 Å². The monoisotopic (exact) mass is 223 g/mol. The van der Waals surface area contributed by atoms with Crippen molar-refractivity contribution in [3.8, 4) is 22.9 Å². The fourth-order valence-corrected chi connectivity index (χ4v) is 1.75. The van der Waals surface area contributed by atoms with Gasteiger partial charge in [-0.3, -0.25) is 0 Å². The third-order valence-electron chi connectivity index (χ3n) is 2.61. The molecule has 2 heteroatoms. The van der Waals surface area contributed by atoms with Crippen molar-refractivity contribution in [2.24, 2.45) is 0 Å². The minimum atomic E-state index is 0.442. The highest BCUT2D eigenvalue weighted by Crippen LogP contribution is 2.24. The Morgan fingerprint density at radius 1 is 1.06 bits per heavy atom. The molecule has 0 amide bonds. The predicted octanol–water partition coefficient (Wildman–Crippen LogP) is 3.43. The summed E-state index contributed by atoms with van der Waals surface area (Å²) < 4.78 is 5.20. The van der Waals surface area contributed by atoms with E-state index in [1.54, 1.807) is 7.11 Å². The van der Waals surface area contributed by atoms with E-state index in [0.29, 0.717) is 6.42 Å². The smallest absolute Gasteiger partial charge is 0.119 e. The van der Waals surface area contributed by atoms with Crippen LogP contribution in [-0.2, 0) is 6.42 Å². The van der Waals surface area contributed by atoms with Crippen LogP contribution in [0.25, 0.3) is 11.1 Å². The first-order chi connectivity index (χ1) is 8.33. The van der Waals surface area contributed by atoms with Crippen LogP contribution in [0.3, 0.4) is 0 Å². The minimum Gasteiger partial charge on any atom is -0.497 e. The van der Waals surface area contributed by atoms with E-state index in [-0.39, 0.29) is 0 Å². The number of ether oxygens (including phenoxy) is 1. The molecule has 0 N–H and O–H groups in total. The molecular weight excluding hydrogens is 210 g/mol. The average Bonchev–Trinajstić information content (AvgIpc) is 2.40. The van der Waals surface area contributed by atoms with Gasteiger partial charge in [-0.2, -0.15) is 5.26 Å². The summed E-state index contributed by atoms with van der Waals surface area (Å²) in [6.45, 7) is 0. The van der Waals surface area contributed by atoms with Crippen LogP contribution < -0.4 is 4.74 Å². The summed E-state index contributed by atoms with van der Waals surface area (Å²) in [7, 11) is 1.66. The summed E-state index contributed by atoms with van der Waals surface area (Å²) in [5.41, 5.74) is 3.24. The normalized spacial score (nSPS) is 9.65. The first kappa shape index (κ1) is 11.2. The van der Waals surface area contributed by atoms with Gasteiger partial charge in [-0.1, -0.05) is 36.4 Å². The maximum Gasteiger partial charge on any atom is 0.119 e. The van der Waals surface area contributed by atoms with Crippen molar-refractivity contribution in [3.63, 3.8) is 0 Å². The molecule has 2 aromatic carbocycles. The SMILES string of the molecule is COc1cccc(-c2cccc(CC#N)c2)c1. The highest BCUT2D eigenvalue weighted by Gasteiger charge is 2.00. The Hall–Kier alpha value is -2.27. The second kappa shape index (κ2) is 5.18. The summed E-state index contributed by atoms with van der Waals surface area (Å²) in [6.07, 6.45) is 0.442. The molecule has 2 nitrogen and oxygen atoms in total. The largest absolute Gasteiger partial charge is 0.497 e. The number of nitrogens with zero attached hydrogens (tertiary/aromatic N) is 1. The maximum absolute atomic E-state index is 8.69. The Balaban J connectivity index is 2.38. The molecule has 0 aliphatic rings. The molecule has 0 saturated heterocycles. The Morgan fingerprint density at radius 2 is 1.76 bits per heavy atom. The molecule has 0 aliphatic heterocycles. The number of hydrogen-bond donors (Lipinski definition) is 0. The molecule has 0 aromatic heterocycles. The molecule has 84 valence electrons. The van der Waals surface area contributed by atoms with Crippen molar-refractivity contribution in [1.82, 2.24) is 0 Å². The van der Waals surface area contributed by atoms with E-state index >= 15 is 0 Å². The lowest BCUT2D eigenvalue weighted by molar-refractivity contribution is 0.415. The summed E-state index contributed by atoms with van der Waals surface area (Å²) in [4.78, 5) is 0. The third kappa shape index (κ3) is 2.64. The van der Waals surface area contributed by atoms with E-state index in [2.05, 4.69) is 6.07 Å². The number of benzene rings is 2. The van der Waals surface area contributed by atoms with Gasteiger partial charge in [-0.15, -0.1) is 0 Å². The molecule has 0 radical (unpaired) electrons. The molecule has 0 fully saturated rings. The fraction of sp³-hybridized carbons (Fsp3) is 0.133. The van der Waals surface area contributed by atoms with Gasteiger partial charge < -0.3 is 4.74 Å². The minimum absolute atomic E-state index is 0.442. The molecule has 0 aliphatic carbocycles. The first-order valence-corrected chi connectivity index (χ1v) is 5.44. The molecule has 2 rings (SSSR count). The van der Waals surface area contributed by atoms with E-state index < -0.39 is 0 Å². The molecule has 2 aromatic rings. The van der Waals surface area contributed by atoms with Crippen molar-refractivity contribution < 1.29 is 4.74 Å².